The molecule has 0 radical (unpaired) electrons. The molecule has 4 N–H and O–H groups in total. The first-order valence-corrected chi connectivity index (χ1v) is 8.68. The number of amides is 3. The smallest absolute Gasteiger partial charge is 0.254 e. The molecule has 0 spiro atoms. The Hall–Kier alpha value is -3.61. The van der Waals surface area contributed by atoms with Crippen LogP contribution in [0.2, 0.25) is 0 Å². The van der Waals surface area contributed by atoms with Crippen molar-refractivity contribution in [3.05, 3.63) is 60.3 Å². The van der Waals surface area contributed by atoms with Crippen LogP contribution in [0, 0.1) is 0 Å². The molecule has 7 nitrogen and oxygen atoms in total. The molecule has 1 aliphatic heterocycles. The van der Waals surface area contributed by atoms with Crippen LogP contribution in [0.15, 0.2) is 54.7 Å². The third kappa shape index (κ3) is 3.52. The Morgan fingerprint density at radius 1 is 1.07 bits per heavy atom. The maximum atomic E-state index is 12.3. The summed E-state index contributed by atoms with van der Waals surface area (Å²) in [5, 5.41) is 9.25. The lowest BCUT2D eigenvalue weighted by Gasteiger charge is -2.14. The highest BCUT2D eigenvalue weighted by Crippen LogP contribution is 2.20. The number of para-hydroxylation sites is 1. The molecule has 2 heterocycles. The van der Waals surface area contributed by atoms with E-state index < -0.39 is 6.04 Å². The molecular formula is C20H18N4O3. The van der Waals surface area contributed by atoms with Crippen LogP contribution in [0.4, 0.5) is 11.4 Å². The number of nitrogens with one attached hydrogen (secondary N) is 4. The lowest BCUT2D eigenvalue weighted by Crippen LogP contribution is -2.41. The molecule has 0 aliphatic carbocycles. The molecule has 1 atom stereocenters. The molecule has 0 bridgehead atoms. The Morgan fingerprint density at radius 3 is 2.81 bits per heavy atom. The van der Waals surface area contributed by atoms with Crippen molar-refractivity contribution in [2.24, 2.45) is 0 Å². The SMILES string of the molecule is O=C(CC[C@@H]1NC(=O)c2ccccc2NC1=O)Nc1ccc2[nH]ccc2c1. The van der Waals surface area contributed by atoms with Crippen LogP contribution in [-0.2, 0) is 9.59 Å². The van der Waals surface area contributed by atoms with Crippen LogP contribution in [0.3, 0.4) is 0 Å². The third-order valence-corrected chi connectivity index (χ3v) is 4.55. The Morgan fingerprint density at radius 2 is 1.93 bits per heavy atom. The second kappa shape index (κ2) is 6.95. The summed E-state index contributed by atoms with van der Waals surface area (Å²) in [5.41, 5.74) is 2.57. The van der Waals surface area contributed by atoms with Gasteiger partial charge in [-0.1, -0.05) is 12.1 Å². The first-order valence-electron chi connectivity index (χ1n) is 8.68. The average Bonchev–Trinajstić information content (AvgIpc) is 3.08. The topological polar surface area (TPSA) is 103 Å². The number of aromatic nitrogens is 1. The van der Waals surface area contributed by atoms with Gasteiger partial charge in [0.2, 0.25) is 11.8 Å². The molecule has 27 heavy (non-hydrogen) atoms. The van der Waals surface area contributed by atoms with E-state index in [1.165, 1.54) is 0 Å². The Bertz CT molecular complexity index is 1040. The molecule has 0 unspecified atom stereocenters. The second-order valence-corrected chi connectivity index (χ2v) is 6.43. The van der Waals surface area contributed by atoms with Crippen LogP contribution < -0.4 is 16.0 Å². The van der Waals surface area contributed by atoms with E-state index in [-0.39, 0.29) is 30.6 Å². The Labute approximate surface area is 155 Å². The van der Waals surface area contributed by atoms with Gasteiger partial charge in [-0.05, 0) is 42.8 Å². The first kappa shape index (κ1) is 16.8. The number of rotatable bonds is 4. The van der Waals surface area contributed by atoms with Gasteiger partial charge in [0, 0.05) is 29.2 Å². The fourth-order valence-corrected chi connectivity index (χ4v) is 3.14. The lowest BCUT2D eigenvalue weighted by atomic mass is 10.1. The highest BCUT2D eigenvalue weighted by atomic mass is 16.2. The van der Waals surface area contributed by atoms with Gasteiger partial charge in [-0.15, -0.1) is 0 Å². The van der Waals surface area contributed by atoms with Gasteiger partial charge in [0.05, 0.1) is 11.3 Å². The van der Waals surface area contributed by atoms with Gasteiger partial charge in [0.15, 0.2) is 0 Å². The lowest BCUT2D eigenvalue weighted by molar-refractivity contribution is -0.118. The number of carbonyl (C=O) groups is 3. The number of anilines is 2. The summed E-state index contributed by atoms with van der Waals surface area (Å²) in [6.45, 7) is 0. The molecule has 1 aliphatic rings. The monoisotopic (exact) mass is 362 g/mol. The maximum Gasteiger partial charge on any atom is 0.254 e. The highest BCUT2D eigenvalue weighted by Gasteiger charge is 2.27. The standard InChI is InChI=1S/C20H18N4O3/c25-18(22-13-5-6-15-12(11-13)9-10-21-15)8-7-17-20(27)23-16-4-2-1-3-14(16)19(26)24-17/h1-6,9-11,17,21H,7-8H2,(H,22,25)(H,23,27)(H,24,26)/t17-/m0/s1. The summed E-state index contributed by atoms with van der Waals surface area (Å²) in [6, 6.07) is 13.6. The molecular weight excluding hydrogens is 344 g/mol. The van der Waals surface area contributed by atoms with Crippen LogP contribution >= 0.6 is 0 Å². The number of carbonyl (C=O) groups excluding carboxylic acids is 3. The van der Waals surface area contributed by atoms with E-state index in [0.717, 1.165) is 10.9 Å². The molecule has 1 aromatic heterocycles. The number of fused-ring (bicyclic) bond motifs is 2. The summed E-state index contributed by atoms with van der Waals surface area (Å²) in [7, 11) is 0. The molecule has 2 aromatic carbocycles. The summed E-state index contributed by atoms with van der Waals surface area (Å²) in [6.07, 6.45) is 2.16. The van der Waals surface area contributed by atoms with E-state index >= 15 is 0 Å². The van der Waals surface area contributed by atoms with Crippen molar-refractivity contribution in [2.45, 2.75) is 18.9 Å². The predicted molar refractivity (Wildman–Crippen MR) is 102 cm³/mol. The zero-order valence-corrected chi connectivity index (χ0v) is 14.4. The van der Waals surface area contributed by atoms with E-state index in [1.807, 2.05) is 30.5 Å². The molecule has 3 aromatic rings. The van der Waals surface area contributed by atoms with Gasteiger partial charge in [-0.3, -0.25) is 14.4 Å². The van der Waals surface area contributed by atoms with Crippen molar-refractivity contribution in [1.82, 2.24) is 10.3 Å². The van der Waals surface area contributed by atoms with E-state index in [4.69, 9.17) is 0 Å². The van der Waals surface area contributed by atoms with Gasteiger partial charge >= 0.3 is 0 Å². The van der Waals surface area contributed by atoms with Gasteiger partial charge in [0.25, 0.3) is 5.91 Å². The number of H-pyrrole nitrogens is 1. The number of aromatic amines is 1. The Kier molecular flexibility index (Phi) is 4.33. The van der Waals surface area contributed by atoms with Crippen LogP contribution in [0.5, 0.6) is 0 Å². The molecule has 136 valence electrons. The minimum Gasteiger partial charge on any atom is -0.361 e. The van der Waals surface area contributed by atoms with Gasteiger partial charge in [-0.25, -0.2) is 0 Å². The highest BCUT2D eigenvalue weighted by molar-refractivity contribution is 6.10. The van der Waals surface area contributed by atoms with Crippen molar-refractivity contribution in [2.75, 3.05) is 10.6 Å². The zero-order valence-electron chi connectivity index (χ0n) is 14.4. The average molecular weight is 362 g/mol. The second-order valence-electron chi connectivity index (χ2n) is 6.43. The zero-order chi connectivity index (χ0) is 18.8. The molecule has 0 saturated carbocycles. The van der Waals surface area contributed by atoms with Crippen molar-refractivity contribution >= 4 is 40.0 Å². The van der Waals surface area contributed by atoms with Gasteiger partial charge < -0.3 is 20.9 Å². The van der Waals surface area contributed by atoms with Gasteiger partial charge in [0.1, 0.15) is 6.04 Å². The van der Waals surface area contributed by atoms with E-state index in [9.17, 15) is 14.4 Å². The first-order chi connectivity index (χ1) is 13.1. The molecule has 4 rings (SSSR count). The molecule has 0 fully saturated rings. The van der Waals surface area contributed by atoms with E-state index in [2.05, 4.69) is 20.9 Å². The normalized spacial score (nSPS) is 16.2. The molecule has 3 amide bonds. The van der Waals surface area contributed by atoms with Crippen molar-refractivity contribution in [1.29, 1.82) is 0 Å². The third-order valence-electron chi connectivity index (χ3n) is 4.55. The van der Waals surface area contributed by atoms with Crippen LogP contribution in [0.25, 0.3) is 10.9 Å². The van der Waals surface area contributed by atoms with Crippen molar-refractivity contribution in [3.63, 3.8) is 0 Å². The molecule has 0 saturated heterocycles. The van der Waals surface area contributed by atoms with Gasteiger partial charge in [-0.2, -0.15) is 0 Å². The van der Waals surface area contributed by atoms with Crippen LogP contribution in [-0.4, -0.2) is 28.7 Å². The summed E-state index contributed by atoms with van der Waals surface area (Å²) < 4.78 is 0. The van der Waals surface area contributed by atoms with Crippen molar-refractivity contribution in [3.8, 4) is 0 Å². The predicted octanol–water partition coefficient (Wildman–Crippen LogP) is 2.64. The molecule has 7 heteroatoms. The Balaban J connectivity index is 1.38. The quantitative estimate of drug-likeness (QED) is 0.574. The minimum absolute atomic E-state index is 0.111. The number of hydrogen-bond acceptors (Lipinski definition) is 3. The maximum absolute atomic E-state index is 12.3. The van der Waals surface area contributed by atoms with Crippen LogP contribution in [0.1, 0.15) is 23.2 Å². The van der Waals surface area contributed by atoms with Crippen molar-refractivity contribution < 1.29 is 14.4 Å². The summed E-state index contributed by atoms with van der Waals surface area (Å²) >= 11 is 0. The van der Waals surface area contributed by atoms with E-state index in [1.54, 1.807) is 24.3 Å². The summed E-state index contributed by atoms with van der Waals surface area (Å²) in [5.74, 6) is -0.865. The fourth-order valence-electron chi connectivity index (χ4n) is 3.14. The number of hydrogen-bond donors (Lipinski definition) is 4. The largest absolute Gasteiger partial charge is 0.361 e. The summed E-state index contributed by atoms with van der Waals surface area (Å²) in [4.78, 5) is 40.0. The van der Waals surface area contributed by atoms with E-state index in [0.29, 0.717) is 16.9 Å². The fraction of sp³-hybridized carbons (Fsp3) is 0.150. The minimum atomic E-state index is -0.761. The number of benzene rings is 2.